The third-order valence-electron chi connectivity index (χ3n) is 6.02. The fourth-order valence-corrected chi connectivity index (χ4v) is 4.21. The predicted octanol–water partition coefficient (Wildman–Crippen LogP) is 0.176. The van der Waals surface area contributed by atoms with E-state index >= 15 is 0 Å². The number of benzene rings is 1. The van der Waals surface area contributed by atoms with Gasteiger partial charge in [0.15, 0.2) is 12.1 Å². The summed E-state index contributed by atoms with van der Waals surface area (Å²) in [5.41, 5.74) is 12.3. The van der Waals surface area contributed by atoms with Gasteiger partial charge in [-0.25, -0.2) is 4.79 Å². The number of nitrogens with one attached hydrogen (secondary N) is 1. The van der Waals surface area contributed by atoms with Crippen LogP contribution < -0.4 is 16.2 Å². The first-order chi connectivity index (χ1) is 15.8. The maximum absolute atomic E-state index is 12.5. The Balaban J connectivity index is 1.49. The van der Waals surface area contributed by atoms with Crippen molar-refractivity contribution in [3.05, 3.63) is 29.8 Å². The number of cyclic esters (lactones) is 1. The van der Waals surface area contributed by atoms with Crippen LogP contribution in [0.4, 0.5) is 4.79 Å². The Labute approximate surface area is 194 Å². The van der Waals surface area contributed by atoms with Crippen molar-refractivity contribution in [1.82, 2.24) is 14.7 Å². The molecular weight excluding hydrogens is 428 g/mol. The van der Waals surface area contributed by atoms with Gasteiger partial charge in [-0.2, -0.15) is 0 Å². The van der Waals surface area contributed by atoms with Crippen LogP contribution in [0.3, 0.4) is 0 Å². The van der Waals surface area contributed by atoms with Crippen molar-refractivity contribution >= 4 is 18.0 Å². The molecule has 2 heterocycles. The van der Waals surface area contributed by atoms with Gasteiger partial charge in [-0.1, -0.05) is 19.1 Å². The van der Waals surface area contributed by atoms with Crippen molar-refractivity contribution in [1.29, 1.82) is 5.41 Å². The first-order valence-electron chi connectivity index (χ1n) is 11.2. The van der Waals surface area contributed by atoms with Crippen LogP contribution in [0.15, 0.2) is 24.3 Å². The van der Waals surface area contributed by atoms with E-state index in [1.807, 2.05) is 24.0 Å². The summed E-state index contributed by atoms with van der Waals surface area (Å²) in [5.74, 6) is 0.279. The van der Waals surface area contributed by atoms with E-state index in [1.54, 1.807) is 17.0 Å². The summed E-state index contributed by atoms with van der Waals surface area (Å²) in [6.07, 6.45) is 0.392. The molecule has 0 radical (unpaired) electrons. The Bertz CT molecular complexity index is 827. The molecule has 2 saturated heterocycles. The van der Waals surface area contributed by atoms with Crippen LogP contribution in [-0.4, -0.2) is 97.5 Å². The van der Waals surface area contributed by atoms with Crippen LogP contribution in [0, 0.1) is 5.41 Å². The van der Waals surface area contributed by atoms with E-state index in [-0.39, 0.29) is 30.9 Å². The number of hydrogen-bond acceptors (Lipinski definition) is 8. The molecule has 33 heavy (non-hydrogen) atoms. The molecule has 3 unspecified atom stereocenters. The fraction of sp³-hybridized carbons (Fsp3) is 0.591. The van der Waals surface area contributed by atoms with Crippen molar-refractivity contribution < 1.29 is 23.8 Å². The van der Waals surface area contributed by atoms with Gasteiger partial charge in [0, 0.05) is 26.2 Å². The second-order valence-corrected chi connectivity index (χ2v) is 8.24. The minimum Gasteiger partial charge on any atom is -0.490 e. The highest BCUT2D eigenvalue weighted by molar-refractivity contribution is 5.75. The topological polar surface area (TPSA) is 147 Å². The van der Waals surface area contributed by atoms with Crippen LogP contribution in [0.5, 0.6) is 5.75 Å². The molecule has 0 aromatic heterocycles. The maximum Gasteiger partial charge on any atom is 0.411 e. The summed E-state index contributed by atoms with van der Waals surface area (Å²) < 4.78 is 16.0. The zero-order valence-corrected chi connectivity index (χ0v) is 19.2. The number of methoxy groups -OCH3 is 1. The number of hydrogen-bond donors (Lipinski definition) is 3. The van der Waals surface area contributed by atoms with Gasteiger partial charge in [-0.05, 0) is 30.5 Å². The lowest BCUT2D eigenvalue weighted by Crippen LogP contribution is -2.57. The smallest absolute Gasteiger partial charge is 0.411 e. The van der Waals surface area contributed by atoms with Crippen molar-refractivity contribution in [3.63, 3.8) is 0 Å². The summed E-state index contributed by atoms with van der Waals surface area (Å²) >= 11 is 0. The molecule has 11 nitrogen and oxygen atoms in total. The van der Waals surface area contributed by atoms with Crippen LogP contribution in [0.1, 0.15) is 18.9 Å². The van der Waals surface area contributed by atoms with Gasteiger partial charge in [0.25, 0.3) is 0 Å². The maximum atomic E-state index is 12.5. The minimum atomic E-state index is -0.706. The van der Waals surface area contributed by atoms with E-state index in [0.29, 0.717) is 31.8 Å². The molecule has 1 amide bonds. The monoisotopic (exact) mass is 462 g/mol. The summed E-state index contributed by atoms with van der Waals surface area (Å²) in [5, 5.41) is 7.58. The molecule has 0 saturated carbocycles. The molecule has 182 valence electrons. The van der Waals surface area contributed by atoms with E-state index in [4.69, 9.17) is 26.4 Å². The van der Waals surface area contributed by atoms with E-state index in [0.717, 1.165) is 25.1 Å². The lowest BCUT2D eigenvalue weighted by atomic mass is 10.1. The van der Waals surface area contributed by atoms with Gasteiger partial charge in [0.05, 0.1) is 19.8 Å². The SMILES string of the molecule is CCC(N1CCN(C(=N)N)CC1)N1CC(COc2ccc(CC(N)C(=O)OC)cc2)OC1=O. The first kappa shape index (κ1) is 24.6. The summed E-state index contributed by atoms with van der Waals surface area (Å²) in [7, 11) is 1.31. The van der Waals surface area contributed by atoms with Gasteiger partial charge in [-0.3, -0.25) is 20.0 Å². The third kappa shape index (κ3) is 6.26. The first-order valence-corrected chi connectivity index (χ1v) is 11.2. The minimum absolute atomic E-state index is 0.0603. The number of guanidine groups is 1. The summed E-state index contributed by atoms with van der Waals surface area (Å²) in [6.45, 7) is 5.55. The van der Waals surface area contributed by atoms with Crippen LogP contribution in [-0.2, 0) is 20.7 Å². The highest BCUT2D eigenvalue weighted by Crippen LogP contribution is 2.22. The van der Waals surface area contributed by atoms with Gasteiger partial charge in [0.2, 0.25) is 0 Å². The molecule has 3 rings (SSSR count). The van der Waals surface area contributed by atoms with Crippen LogP contribution in [0.2, 0.25) is 0 Å². The van der Waals surface area contributed by atoms with Crippen LogP contribution in [0.25, 0.3) is 0 Å². The number of nitrogens with two attached hydrogens (primary N) is 2. The Morgan fingerprint density at radius 1 is 1.24 bits per heavy atom. The van der Waals surface area contributed by atoms with Crippen molar-refractivity contribution in [3.8, 4) is 5.75 Å². The van der Waals surface area contributed by atoms with Gasteiger partial charge >= 0.3 is 12.1 Å². The molecule has 2 fully saturated rings. The van der Waals surface area contributed by atoms with E-state index in [9.17, 15) is 9.59 Å². The quantitative estimate of drug-likeness (QED) is 0.265. The van der Waals surface area contributed by atoms with Gasteiger partial charge in [0.1, 0.15) is 18.4 Å². The molecule has 3 atom stereocenters. The zero-order chi connectivity index (χ0) is 24.0. The Hall–Kier alpha value is -3.05. The molecule has 2 aliphatic heterocycles. The predicted molar refractivity (Wildman–Crippen MR) is 122 cm³/mol. The average molecular weight is 463 g/mol. The Morgan fingerprint density at radius 2 is 1.91 bits per heavy atom. The van der Waals surface area contributed by atoms with Crippen LogP contribution >= 0.6 is 0 Å². The van der Waals surface area contributed by atoms with E-state index in [1.165, 1.54) is 7.11 Å². The number of piperazine rings is 1. The molecule has 1 aromatic rings. The third-order valence-corrected chi connectivity index (χ3v) is 6.02. The fourth-order valence-electron chi connectivity index (χ4n) is 4.21. The lowest BCUT2D eigenvalue weighted by Gasteiger charge is -2.41. The molecule has 1 aromatic carbocycles. The Kier molecular flexibility index (Phi) is 8.34. The number of ether oxygens (including phenoxy) is 3. The highest BCUT2D eigenvalue weighted by Gasteiger charge is 2.39. The molecule has 11 heteroatoms. The molecular formula is C22H34N6O5. The van der Waals surface area contributed by atoms with Crippen molar-refractivity contribution in [2.45, 2.75) is 38.1 Å². The Morgan fingerprint density at radius 3 is 2.48 bits per heavy atom. The molecule has 0 spiro atoms. The highest BCUT2D eigenvalue weighted by atomic mass is 16.6. The van der Waals surface area contributed by atoms with Crippen molar-refractivity contribution in [2.75, 3.05) is 46.4 Å². The number of esters is 1. The second kappa shape index (κ2) is 11.2. The summed E-state index contributed by atoms with van der Waals surface area (Å²) in [6, 6.07) is 6.59. The lowest BCUT2D eigenvalue weighted by molar-refractivity contribution is -0.142. The molecule has 2 aliphatic rings. The number of carbonyl (C=O) groups is 2. The number of nitrogens with zero attached hydrogens (tertiary/aromatic N) is 3. The number of amides is 1. The second-order valence-electron chi connectivity index (χ2n) is 8.24. The summed E-state index contributed by atoms with van der Waals surface area (Å²) in [4.78, 5) is 29.8. The number of carbonyl (C=O) groups excluding carboxylic acids is 2. The van der Waals surface area contributed by atoms with E-state index in [2.05, 4.69) is 9.64 Å². The average Bonchev–Trinajstić information content (AvgIpc) is 3.19. The number of rotatable bonds is 9. The largest absolute Gasteiger partial charge is 0.490 e. The standard InChI is InChI=1S/C22H34N6O5/c1-3-19(26-8-10-27(11-9-26)21(24)25)28-13-17(33-22(28)30)14-32-16-6-4-15(5-7-16)12-18(23)20(29)31-2/h4-7,17-19H,3,8-14,23H2,1-2H3,(H3,24,25). The van der Waals surface area contributed by atoms with Gasteiger partial charge < -0.3 is 30.6 Å². The molecule has 0 aliphatic carbocycles. The van der Waals surface area contributed by atoms with Gasteiger partial charge in [-0.15, -0.1) is 0 Å². The molecule has 5 N–H and O–H groups in total. The van der Waals surface area contributed by atoms with Crippen molar-refractivity contribution in [2.24, 2.45) is 11.5 Å². The normalized spacial score (nSPS) is 20.8. The molecule has 0 bridgehead atoms. The zero-order valence-electron chi connectivity index (χ0n) is 19.2. The van der Waals surface area contributed by atoms with E-state index < -0.39 is 12.0 Å².